The predicted octanol–water partition coefficient (Wildman–Crippen LogP) is 4.06. The molecule has 188 valence electrons. The zero-order valence-corrected chi connectivity index (χ0v) is 21.4. The Morgan fingerprint density at radius 2 is 1.74 bits per heavy atom. The number of piperidine rings is 1. The molecule has 2 aromatic rings. The predicted molar refractivity (Wildman–Crippen MR) is 134 cm³/mol. The van der Waals surface area contributed by atoms with E-state index in [4.69, 9.17) is 4.74 Å². The molecule has 2 aliphatic heterocycles. The van der Waals surface area contributed by atoms with Crippen molar-refractivity contribution in [3.63, 3.8) is 0 Å². The normalized spacial score (nSPS) is 18.9. The van der Waals surface area contributed by atoms with Crippen LogP contribution in [0.15, 0.2) is 41.3 Å². The van der Waals surface area contributed by atoms with Gasteiger partial charge in [0.25, 0.3) is 11.8 Å². The zero-order valence-electron chi connectivity index (χ0n) is 20.5. The van der Waals surface area contributed by atoms with Crippen molar-refractivity contribution in [1.82, 2.24) is 9.21 Å². The van der Waals surface area contributed by atoms with E-state index < -0.39 is 15.9 Å². The van der Waals surface area contributed by atoms with E-state index in [1.54, 1.807) is 17.0 Å². The molecule has 1 N–H and O–H groups in total. The number of anilines is 1. The molecule has 8 nitrogen and oxygen atoms in total. The van der Waals surface area contributed by atoms with Gasteiger partial charge in [-0.1, -0.05) is 18.6 Å². The van der Waals surface area contributed by atoms with Crippen LogP contribution in [0.1, 0.15) is 65.3 Å². The van der Waals surface area contributed by atoms with Crippen LogP contribution in [-0.2, 0) is 10.0 Å². The first kappa shape index (κ1) is 25.2. The van der Waals surface area contributed by atoms with Gasteiger partial charge in [0.15, 0.2) is 0 Å². The zero-order chi connectivity index (χ0) is 25.2. The van der Waals surface area contributed by atoms with Crippen molar-refractivity contribution in [2.24, 2.45) is 0 Å². The SMILES string of the molecule is COc1ccc(C(=O)Nc2c(C)cccc2C(=O)N2CCCC2)cc1S(=O)(=O)N1CCCCC1C. The summed E-state index contributed by atoms with van der Waals surface area (Å²) in [5.41, 5.74) is 1.81. The highest BCUT2D eigenvalue weighted by Crippen LogP contribution is 2.32. The minimum atomic E-state index is -3.86. The van der Waals surface area contributed by atoms with Crippen LogP contribution in [0.2, 0.25) is 0 Å². The number of hydrogen-bond acceptors (Lipinski definition) is 5. The molecule has 0 radical (unpaired) electrons. The molecule has 2 fully saturated rings. The monoisotopic (exact) mass is 499 g/mol. The molecule has 2 amide bonds. The van der Waals surface area contributed by atoms with Crippen LogP contribution in [0.25, 0.3) is 0 Å². The number of methoxy groups -OCH3 is 1. The Labute approximate surface area is 207 Å². The topological polar surface area (TPSA) is 96.0 Å². The molecule has 0 bridgehead atoms. The summed E-state index contributed by atoms with van der Waals surface area (Å²) >= 11 is 0. The van der Waals surface area contributed by atoms with E-state index in [1.165, 1.54) is 29.6 Å². The number of rotatable bonds is 6. The van der Waals surface area contributed by atoms with Crippen molar-refractivity contribution in [3.8, 4) is 5.75 Å². The lowest BCUT2D eigenvalue weighted by molar-refractivity contribution is 0.0793. The molecule has 4 rings (SSSR count). The standard InChI is InChI=1S/C26H33N3O5S/c1-18-9-8-11-21(26(31)28-14-6-7-15-28)24(18)27-25(30)20-12-13-22(34-3)23(17-20)35(32,33)29-16-5-4-10-19(29)2/h8-9,11-13,17,19H,4-7,10,14-16H2,1-3H3,(H,27,30). The maximum atomic E-state index is 13.5. The van der Waals surface area contributed by atoms with E-state index in [9.17, 15) is 18.0 Å². The Bertz CT molecular complexity index is 1220. The lowest BCUT2D eigenvalue weighted by Crippen LogP contribution is -2.42. The van der Waals surface area contributed by atoms with Gasteiger partial charge in [-0.15, -0.1) is 0 Å². The number of likely N-dealkylation sites (tertiary alicyclic amines) is 1. The van der Waals surface area contributed by atoms with Gasteiger partial charge >= 0.3 is 0 Å². The molecule has 9 heteroatoms. The third-order valence-electron chi connectivity index (χ3n) is 6.89. The summed E-state index contributed by atoms with van der Waals surface area (Å²) < 4.78 is 33.9. The maximum Gasteiger partial charge on any atom is 0.255 e. The first-order valence-electron chi connectivity index (χ1n) is 12.1. The summed E-state index contributed by atoms with van der Waals surface area (Å²) in [7, 11) is -2.44. The van der Waals surface area contributed by atoms with Gasteiger partial charge in [-0.05, 0) is 69.4 Å². The average Bonchev–Trinajstić information content (AvgIpc) is 3.39. The smallest absolute Gasteiger partial charge is 0.255 e. The summed E-state index contributed by atoms with van der Waals surface area (Å²) in [6.07, 6.45) is 4.52. The van der Waals surface area contributed by atoms with E-state index in [2.05, 4.69) is 5.32 Å². The molecule has 1 unspecified atom stereocenters. The Balaban J connectivity index is 1.66. The van der Waals surface area contributed by atoms with Crippen LogP contribution in [0.5, 0.6) is 5.75 Å². The number of nitrogens with one attached hydrogen (secondary N) is 1. The Morgan fingerprint density at radius 3 is 2.43 bits per heavy atom. The molecule has 2 heterocycles. The van der Waals surface area contributed by atoms with E-state index in [0.29, 0.717) is 30.9 Å². The number of carbonyl (C=O) groups excluding carboxylic acids is 2. The van der Waals surface area contributed by atoms with Gasteiger partial charge in [0.2, 0.25) is 10.0 Å². The summed E-state index contributed by atoms with van der Waals surface area (Å²) in [6, 6.07) is 9.62. The van der Waals surface area contributed by atoms with Gasteiger partial charge in [-0.25, -0.2) is 8.42 Å². The molecule has 35 heavy (non-hydrogen) atoms. The van der Waals surface area contributed by atoms with E-state index in [1.807, 2.05) is 19.9 Å². The Hall–Kier alpha value is -2.91. The Morgan fingerprint density at radius 1 is 1.03 bits per heavy atom. The number of benzene rings is 2. The summed E-state index contributed by atoms with van der Waals surface area (Å²) in [5.74, 6) is -0.403. The number of aryl methyl sites for hydroxylation is 1. The first-order chi connectivity index (χ1) is 16.7. The molecule has 0 spiro atoms. The summed E-state index contributed by atoms with van der Waals surface area (Å²) in [5, 5.41) is 2.87. The largest absolute Gasteiger partial charge is 0.495 e. The lowest BCUT2D eigenvalue weighted by Gasteiger charge is -2.32. The average molecular weight is 500 g/mol. The minimum Gasteiger partial charge on any atom is -0.495 e. The number of amides is 2. The molecular weight excluding hydrogens is 466 g/mol. The second-order valence-corrected chi connectivity index (χ2v) is 11.1. The number of carbonyl (C=O) groups is 2. The minimum absolute atomic E-state index is 0.0282. The lowest BCUT2D eigenvalue weighted by atomic mass is 10.1. The van der Waals surface area contributed by atoms with Crippen molar-refractivity contribution >= 4 is 27.5 Å². The highest BCUT2D eigenvalue weighted by molar-refractivity contribution is 7.89. The van der Waals surface area contributed by atoms with Gasteiger partial charge in [0, 0.05) is 31.2 Å². The molecule has 2 aliphatic rings. The fraction of sp³-hybridized carbons (Fsp3) is 0.462. The molecule has 0 saturated carbocycles. The quantitative estimate of drug-likeness (QED) is 0.647. The van der Waals surface area contributed by atoms with Crippen LogP contribution in [0, 0.1) is 6.92 Å². The van der Waals surface area contributed by atoms with Crippen LogP contribution < -0.4 is 10.1 Å². The van der Waals surface area contributed by atoms with Gasteiger partial charge < -0.3 is 15.0 Å². The molecule has 2 aromatic carbocycles. The summed E-state index contributed by atoms with van der Waals surface area (Å²) in [4.78, 5) is 28.1. The van der Waals surface area contributed by atoms with Crippen molar-refractivity contribution in [1.29, 1.82) is 0 Å². The molecule has 1 atom stereocenters. The number of nitrogens with zero attached hydrogens (tertiary/aromatic N) is 2. The maximum absolute atomic E-state index is 13.5. The van der Waals surface area contributed by atoms with Crippen LogP contribution >= 0.6 is 0 Å². The number of para-hydroxylation sites is 1. The van der Waals surface area contributed by atoms with Crippen LogP contribution in [0.4, 0.5) is 5.69 Å². The van der Waals surface area contributed by atoms with E-state index >= 15 is 0 Å². The molecule has 0 aromatic heterocycles. The fourth-order valence-corrected chi connectivity index (χ4v) is 6.75. The third-order valence-corrected chi connectivity index (χ3v) is 8.92. The molecule has 2 saturated heterocycles. The van der Waals surface area contributed by atoms with Gasteiger partial charge in [-0.2, -0.15) is 4.31 Å². The van der Waals surface area contributed by atoms with Crippen LogP contribution in [0.3, 0.4) is 0 Å². The third kappa shape index (κ3) is 5.06. The molecule has 0 aliphatic carbocycles. The van der Waals surface area contributed by atoms with Crippen molar-refractivity contribution in [2.75, 3.05) is 32.1 Å². The number of sulfonamides is 1. The fourth-order valence-electron chi connectivity index (χ4n) is 4.86. The second-order valence-electron chi connectivity index (χ2n) is 9.28. The first-order valence-corrected chi connectivity index (χ1v) is 13.6. The van der Waals surface area contributed by atoms with Crippen molar-refractivity contribution in [3.05, 3.63) is 53.1 Å². The summed E-state index contributed by atoms with van der Waals surface area (Å²) in [6.45, 7) is 5.58. The van der Waals surface area contributed by atoms with Crippen molar-refractivity contribution < 1.29 is 22.7 Å². The van der Waals surface area contributed by atoms with Crippen LogP contribution in [-0.4, -0.2) is 62.2 Å². The van der Waals surface area contributed by atoms with Crippen molar-refractivity contribution in [2.45, 2.75) is 56.9 Å². The Kier molecular flexibility index (Phi) is 7.47. The molecular formula is C26H33N3O5S. The van der Waals surface area contributed by atoms with E-state index in [0.717, 1.165) is 37.7 Å². The van der Waals surface area contributed by atoms with Gasteiger partial charge in [-0.3, -0.25) is 9.59 Å². The van der Waals surface area contributed by atoms with E-state index in [-0.39, 0.29) is 28.2 Å². The highest BCUT2D eigenvalue weighted by atomic mass is 32.2. The second kappa shape index (κ2) is 10.4. The number of hydrogen-bond donors (Lipinski definition) is 1. The highest BCUT2D eigenvalue weighted by Gasteiger charge is 2.34. The van der Waals surface area contributed by atoms with Gasteiger partial charge in [0.05, 0.1) is 18.4 Å². The number of ether oxygens (including phenoxy) is 1. The van der Waals surface area contributed by atoms with Gasteiger partial charge in [0.1, 0.15) is 10.6 Å².